The molecule has 1 aliphatic rings. The Bertz CT molecular complexity index is 1110. The van der Waals surface area contributed by atoms with Crippen LogP contribution in [0.4, 0.5) is 10.5 Å². The van der Waals surface area contributed by atoms with Crippen molar-refractivity contribution in [3.63, 3.8) is 0 Å². The lowest BCUT2D eigenvalue weighted by atomic mass is 9.88. The molecule has 3 rings (SSSR count). The normalized spacial score (nSPS) is 14.9. The van der Waals surface area contributed by atoms with E-state index in [2.05, 4.69) is 10.6 Å². The van der Waals surface area contributed by atoms with E-state index in [1.54, 1.807) is 80.9 Å². The van der Waals surface area contributed by atoms with Gasteiger partial charge >= 0.3 is 6.09 Å². The Morgan fingerprint density at radius 2 is 1.72 bits per heavy atom. The van der Waals surface area contributed by atoms with E-state index in [0.29, 0.717) is 29.2 Å². The van der Waals surface area contributed by atoms with Crippen molar-refractivity contribution in [2.24, 2.45) is 0 Å². The van der Waals surface area contributed by atoms with Gasteiger partial charge in [0.05, 0.1) is 7.11 Å². The number of nitrogens with zero attached hydrogens (tertiary/aromatic N) is 1. The molecule has 2 aromatic carbocycles. The average Bonchev–Trinajstić information content (AvgIpc) is 2.85. The summed E-state index contributed by atoms with van der Waals surface area (Å²) in [5, 5.41) is 15.6. The zero-order valence-electron chi connectivity index (χ0n) is 23.2. The van der Waals surface area contributed by atoms with E-state index in [0.717, 1.165) is 19.3 Å². The molecule has 0 spiro atoms. The summed E-state index contributed by atoms with van der Waals surface area (Å²) >= 11 is 1.56. The summed E-state index contributed by atoms with van der Waals surface area (Å²) in [5.41, 5.74) is 0.383. The number of rotatable bonds is 11. The van der Waals surface area contributed by atoms with E-state index in [1.807, 2.05) is 6.26 Å². The van der Waals surface area contributed by atoms with Crippen LogP contribution in [0.5, 0.6) is 11.5 Å². The average molecular weight is 558 g/mol. The van der Waals surface area contributed by atoms with Crippen LogP contribution in [0.2, 0.25) is 0 Å². The third-order valence-electron chi connectivity index (χ3n) is 6.42. The van der Waals surface area contributed by atoms with Crippen LogP contribution in [0.3, 0.4) is 0 Å². The molecule has 1 saturated carbocycles. The predicted octanol–water partition coefficient (Wildman–Crippen LogP) is 5.11. The van der Waals surface area contributed by atoms with Crippen molar-refractivity contribution in [2.45, 2.75) is 70.2 Å². The first kappa shape index (κ1) is 30.1. The Morgan fingerprint density at radius 3 is 2.23 bits per heavy atom. The molecule has 0 aromatic heterocycles. The number of hydrogen-bond acceptors (Lipinski definition) is 7. The molecule has 2 unspecified atom stereocenters. The number of carbonyl (C=O) groups is 3. The number of nitrogens with one attached hydrogen (secondary N) is 2. The highest BCUT2D eigenvalue weighted by Crippen LogP contribution is 2.35. The fourth-order valence-electron chi connectivity index (χ4n) is 4.29. The van der Waals surface area contributed by atoms with E-state index in [9.17, 15) is 19.5 Å². The van der Waals surface area contributed by atoms with Crippen LogP contribution < -0.4 is 15.4 Å². The lowest BCUT2D eigenvalue weighted by Gasteiger charge is -2.43. The highest BCUT2D eigenvalue weighted by molar-refractivity contribution is 7.98. The van der Waals surface area contributed by atoms with Gasteiger partial charge in [-0.3, -0.25) is 9.59 Å². The molecule has 212 valence electrons. The Morgan fingerprint density at radius 1 is 1.08 bits per heavy atom. The van der Waals surface area contributed by atoms with Crippen LogP contribution in [-0.2, 0) is 14.3 Å². The number of benzene rings is 2. The monoisotopic (exact) mass is 557 g/mol. The van der Waals surface area contributed by atoms with E-state index in [1.165, 1.54) is 12.1 Å². The van der Waals surface area contributed by atoms with E-state index in [4.69, 9.17) is 9.47 Å². The summed E-state index contributed by atoms with van der Waals surface area (Å²) in [5.74, 6) is 0.597. The smallest absolute Gasteiger partial charge is 0.408 e. The molecule has 2 atom stereocenters. The quantitative estimate of drug-likeness (QED) is 0.352. The number of phenolic OH excluding ortho intramolecular Hbond substituents is 1. The lowest BCUT2D eigenvalue weighted by molar-refractivity contribution is -0.145. The fourth-order valence-corrected chi connectivity index (χ4v) is 4.76. The molecule has 39 heavy (non-hydrogen) atoms. The highest BCUT2D eigenvalue weighted by Gasteiger charge is 2.42. The van der Waals surface area contributed by atoms with Gasteiger partial charge in [0.25, 0.3) is 5.91 Å². The molecule has 3 N–H and O–H groups in total. The molecule has 1 aliphatic carbocycles. The van der Waals surface area contributed by atoms with Crippen LogP contribution >= 0.6 is 11.8 Å². The van der Waals surface area contributed by atoms with Gasteiger partial charge in [0.2, 0.25) is 5.91 Å². The zero-order chi connectivity index (χ0) is 28.6. The second kappa shape index (κ2) is 13.6. The van der Waals surface area contributed by atoms with E-state index in [-0.39, 0.29) is 17.7 Å². The molecule has 9 nitrogen and oxygen atoms in total. The SMILES string of the molecule is COc1ccc(NC(=O)C(c2ccc(O)cc2)N(C(=O)C(CCSC)NC(=O)OC(C)(C)C)C2CCC2)cc1. The Labute approximate surface area is 234 Å². The minimum atomic E-state index is -0.984. The van der Waals surface area contributed by atoms with Crippen molar-refractivity contribution < 1.29 is 29.0 Å². The van der Waals surface area contributed by atoms with Crippen LogP contribution in [0.1, 0.15) is 58.1 Å². The van der Waals surface area contributed by atoms with Gasteiger partial charge in [-0.25, -0.2) is 4.79 Å². The summed E-state index contributed by atoms with van der Waals surface area (Å²) in [7, 11) is 1.56. The molecule has 0 bridgehead atoms. The second-order valence-electron chi connectivity index (χ2n) is 10.5. The van der Waals surface area contributed by atoms with E-state index < -0.39 is 29.7 Å². The van der Waals surface area contributed by atoms with Crippen molar-refractivity contribution in [1.29, 1.82) is 0 Å². The maximum atomic E-state index is 14.2. The molecule has 1 fully saturated rings. The largest absolute Gasteiger partial charge is 0.508 e. The topological polar surface area (TPSA) is 117 Å². The molecule has 2 aromatic rings. The van der Waals surface area contributed by atoms with Crippen LogP contribution in [0.15, 0.2) is 48.5 Å². The van der Waals surface area contributed by atoms with Crippen molar-refractivity contribution in [2.75, 3.05) is 24.4 Å². The van der Waals surface area contributed by atoms with Gasteiger partial charge in [-0.15, -0.1) is 0 Å². The minimum Gasteiger partial charge on any atom is -0.508 e. The maximum absolute atomic E-state index is 14.2. The van der Waals surface area contributed by atoms with Crippen molar-refractivity contribution in [3.05, 3.63) is 54.1 Å². The summed E-state index contributed by atoms with van der Waals surface area (Å²) in [6.07, 6.45) is 4.06. The number of alkyl carbamates (subject to hydrolysis) is 1. The number of amides is 3. The number of methoxy groups -OCH3 is 1. The first-order chi connectivity index (χ1) is 18.5. The molecule has 0 saturated heterocycles. The molecular formula is C29H39N3O6S. The number of thioether (sulfide) groups is 1. The second-order valence-corrected chi connectivity index (χ2v) is 11.5. The summed E-state index contributed by atoms with van der Waals surface area (Å²) < 4.78 is 10.6. The van der Waals surface area contributed by atoms with Crippen LogP contribution in [0.25, 0.3) is 0 Å². The van der Waals surface area contributed by atoms with Crippen molar-refractivity contribution >= 4 is 35.4 Å². The summed E-state index contributed by atoms with van der Waals surface area (Å²) in [4.78, 5) is 42.4. The Hall–Kier alpha value is -3.40. The van der Waals surface area contributed by atoms with E-state index >= 15 is 0 Å². The fraction of sp³-hybridized carbons (Fsp3) is 0.483. The number of carbonyl (C=O) groups excluding carboxylic acids is 3. The van der Waals surface area contributed by atoms with Gasteiger partial charge in [-0.1, -0.05) is 12.1 Å². The maximum Gasteiger partial charge on any atom is 0.408 e. The van der Waals surface area contributed by atoms with Gasteiger partial charge in [0.1, 0.15) is 29.2 Å². The summed E-state index contributed by atoms with van der Waals surface area (Å²) in [6, 6.07) is 11.2. The first-order valence-electron chi connectivity index (χ1n) is 13.1. The number of aromatic hydroxyl groups is 1. The highest BCUT2D eigenvalue weighted by atomic mass is 32.2. The standard InChI is InChI=1S/C29H39N3O6S/c1-29(2,3)38-28(36)31-24(17-18-39-5)27(35)32(21-7-6-8-21)25(19-9-13-22(33)14-10-19)26(34)30-20-11-15-23(37-4)16-12-20/h9-16,21,24-25,33H,6-8,17-18H2,1-5H3,(H,30,34)(H,31,36). The number of phenols is 1. The predicted molar refractivity (Wildman–Crippen MR) is 153 cm³/mol. The van der Waals surface area contributed by atoms with Crippen molar-refractivity contribution in [1.82, 2.24) is 10.2 Å². The number of hydrogen-bond donors (Lipinski definition) is 3. The number of ether oxygens (including phenoxy) is 2. The van der Waals surface area contributed by atoms with Crippen molar-refractivity contribution in [3.8, 4) is 11.5 Å². The molecule has 0 aliphatic heterocycles. The van der Waals surface area contributed by atoms with Gasteiger partial charge in [-0.2, -0.15) is 11.8 Å². The van der Waals surface area contributed by atoms with Crippen LogP contribution in [-0.4, -0.2) is 64.7 Å². The third-order valence-corrected chi connectivity index (χ3v) is 7.06. The number of anilines is 1. The summed E-state index contributed by atoms with van der Waals surface area (Å²) in [6.45, 7) is 5.28. The molecule has 0 radical (unpaired) electrons. The van der Waals surface area contributed by atoms with Crippen LogP contribution in [0, 0.1) is 0 Å². The van der Waals surface area contributed by atoms with Gasteiger partial charge < -0.3 is 30.1 Å². The van der Waals surface area contributed by atoms with Gasteiger partial charge in [0, 0.05) is 11.7 Å². The first-order valence-corrected chi connectivity index (χ1v) is 14.5. The molecule has 3 amide bonds. The molecular weight excluding hydrogens is 518 g/mol. The zero-order valence-corrected chi connectivity index (χ0v) is 24.0. The molecule has 10 heteroatoms. The minimum absolute atomic E-state index is 0.0547. The molecule has 0 heterocycles. The third kappa shape index (κ3) is 8.54. The van der Waals surface area contributed by atoms with Gasteiger partial charge in [0.15, 0.2) is 0 Å². The lowest BCUT2D eigenvalue weighted by Crippen LogP contribution is -2.57. The Balaban J connectivity index is 1.98. The Kier molecular flexibility index (Phi) is 10.5. The van der Waals surface area contributed by atoms with Gasteiger partial charge in [-0.05, 0) is 100 Å².